The van der Waals surface area contributed by atoms with Crippen LogP contribution >= 0.6 is 15.9 Å². The highest BCUT2D eigenvalue weighted by Gasteiger charge is 2.22. The number of nitro benzene ring substituents is 1. The minimum absolute atomic E-state index is 0.0961. The number of carbonyl (C=O) groups excluding carboxylic acids is 1. The van der Waals surface area contributed by atoms with Gasteiger partial charge in [0.2, 0.25) is 5.75 Å². The van der Waals surface area contributed by atoms with Crippen LogP contribution in [0, 0.1) is 10.1 Å². The average molecular weight is 276 g/mol. The minimum atomic E-state index is -0.875. The summed E-state index contributed by atoms with van der Waals surface area (Å²) >= 11 is 2.86. The van der Waals surface area contributed by atoms with Crippen molar-refractivity contribution >= 4 is 27.4 Å². The summed E-state index contributed by atoms with van der Waals surface area (Å²) in [5.41, 5.74) is -0.974. The molecule has 2 N–H and O–H groups in total. The highest BCUT2D eigenvalue weighted by molar-refractivity contribution is 9.09. The molecule has 0 bridgehead atoms. The highest BCUT2D eigenvalue weighted by atomic mass is 79.9. The number of aromatic hydroxyl groups is 2. The standard InChI is InChI=1S/C8H6BrNO5/c9-3-7(12)5-1-4(11)2-6(8(5)13)10(14)15/h1-2,11,13H,3H2. The number of phenolic OH excluding ortho intramolecular Hbond substituents is 2. The van der Waals surface area contributed by atoms with Crippen LogP contribution in [0.4, 0.5) is 5.69 Å². The summed E-state index contributed by atoms with van der Waals surface area (Å²) in [7, 11) is 0. The zero-order chi connectivity index (χ0) is 11.6. The second-order valence-corrected chi connectivity index (χ2v) is 3.24. The third kappa shape index (κ3) is 2.24. The van der Waals surface area contributed by atoms with Gasteiger partial charge in [-0.3, -0.25) is 14.9 Å². The van der Waals surface area contributed by atoms with E-state index in [1.165, 1.54) is 0 Å². The van der Waals surface area contributed by atoms with Gasteiger partial charge in [0.15, 0.2) is 5.78 Å². The molecular weight excluding hydrogens is 270 g/mol. The normalized spacial score (nSPS) is 9.93. The molecule has 6 nitrogen and oxygen atoms in total. The fourth-order valence-corrected chi connectivity index (χ4v) is 1.33. The molecule has 7 heteroatoms. The number of phenols is 2. The van der Waals surface area contributed by atoms with Crippen molar-refractivity contribution < 1.29 is 19.9 Å². The van der Waals surface area contributed by atoms with E-state index in [0.29, 0.717) is 0 Å². The van der Waals surface area contributed by atoms with Gasteiger partial charge in [0.1, 0.15) is 5.75 Å². The van der Waals surface area contributed by atoms with Crippen LogP contribution in [-0.2, 0) is 0 Å². The second kappa shape index (κ2) is 4.26. The lowest BCUT2D eigenvalue weighted by Gasteiger charge is -2.03. The van der Waals surface area contributed by atoms with Crippen molar-refractivity contribution in [3.63, 3.8) is 0 Å². The van der Waals surface area contributed by atoms with E-state index in [2.05, 4.69) is 15.9 Å². The topological polar surface area (TPSA) is 101 Å². The molecule has 0 fully saturated rings. The predicted octanol–water partition coefficient (Wildman–Crippen LogP) is 1.58. The fraction of sp³-hybridized carbons (Fsp3) is 0.125. The van der Waals surface area contributed by atoms with Crippen molar-refractivity contribution in [2.75, 3.05) is 5.33 Å². The Morgan fingerprint density at radius 1 is 1.47 bits per heavy atom. The molecule has 0 atom stereocenters. The van der Waals surface area contributed by atoms with Crippen LogP contribution in [0.25, 0.3) is 0 Å². The third-order valence-electron chi connectivity index (χ3n) is 1.69. The monoisotopic (exact) mass is 275 g/mol. The van der Waals surface area contributed by atoms with Gasteiger partial charge >= 0.3 is 5.69 Å². The molecule has 0 aliphatic carbocycles. The number of benzene rings is 1. The molecule has 0 heterocycles. The number of rotatable bonds is 3. The highest BCUT2D eigenvalue weighted by Crippen LogP contribution is 2.34. The molecule has 80 valence electrons. The number of carbonyl (C=O) groups is 1. The SMILES string of the molecule is O=C(CBr)c1cc(O)cc([N+](=O)[O-])c1O. The minimum Gasteiger partial charge on any atom is -0.508 e. The molecule has 0 amide bonds. The van der Waals surface area contributed by atoms with Crippen molar-refractivity contribution in [1.82, 2.24) is 0 Å². The Bertz CT molecular complexity index is 431. The summed E-state index contributed by atoms with van der Waals surface area (Å²) in [6.45, 7) is 0. The lowest BCUT2D eigenvalue weighted by atomic mass is 10.1. The first kappa shape index (κ1) is 11.4. The summed E-state index contributed by atoms with van der Waals surface area (Å²) < 4.78 is 0. The number of nitrogens with zero attached hydrogens (tertiary/aromatic N) is 1. The summed E-state index contributed by atoms with van der Waals surface area (Å²) in [6, 6.07) is 1.76. The van der Waals surface area contributed by atoms with Crippen LogP contribution in [0.3, 0.4) is 0 Å². The molecule has 0 spiro atoms. The van der Waals surface area contributed by atoms with Gasteiger partial charge < -0.3 is 10.2 Å². The molecular formula is C8H6BrNO5. The van der Waals surface area contributed by atoms with Crippen LogP contribution in [0.2, 0.25) is 0 Å². The molecule has 0 unspecified atom stereocenters. The Kier molecular flexibility index (Phi) is 3.25. The van der Waals surface area contributed by atoms with Crippen LogP contribution in [0.15, 0.2) is 12.1 Å². The van der Waals surface area contributed by atoms with Crippen LogP contribution in [0.1, 0.15) is 10.4 Å². The van der Waals surface area contributed by atoms with Gasteiger partial charge in [0.05, 0.1) is 21.9 Å². The number of nitro groups is 1. The lowest BCUT2D eigenvalue weighted by Crippen LogP contribution is -2.02. The second-order valence-electron chi connectivity index (χ2n) is 2.67. The quantitative estimate of drug-likeness (QED) is 0.287. The van der Waals surface area contributed by atoms with E-state index in [1.54, 1.807) is 0 Å². The zero-order valence-electron chi connectivity index (χ0n) is 7.31. The summed E-state index contributed by atoms with van der Waals surface area (Å²) in [5.74, 6) is -1.72. The van der Waals surface area contributed by atoms with E-state index >= 15 is 0 Å². The first-order chi connectivity index (χ1) is 6.97. The molecule has 0 aliphatic heterocycles. The Labute approximate surface area is 92.4 Å². The van der Waals surface area contributed by atoms with Gasteiger partial charge in [-0.25, -0.2) is 0 Å². The van der Waals surface area contributed by atoms with E-state index < -0.39 is 27.9 Å². The largest absolute Gasteiger partial charge is 0.508 e. The van der Waals surface area contributed by atoms with Crippen molar-refractivity contribution in [1.29, 1.82) is 0 Å². The average Bonchev–Trinajstić information content (AvgIpc) is 2.19. The Balaban J connectivity index is 3.41. The lowest BCUT2D eigenvalue weighted by molar-refractivity contribution is -0.386. The summed E-state index contributed by atoms with van der Waals surface area (Å²) in [4.78, 5) is 20.8. The van der Waals surface area contributed by atoms with E-state index in [1.807, 2.05) is 0 Å². The van der Waals surface area contributed by atoms with Gasteiger partial charge in [-0.2, -0.15) is 0 Å². The Morgan fingerprint density at radius 2 is 2.07 bits per heavy atom. The van der Waals surface area contributed by atoms with E-state index in [4.69, 9.17) is 5.11 Å². The number of hydrogen-bond acceptors (Lipinski definition) is 5. The molecule has 0 radical (unpaired) electrons. The smallest absolute Gasteiger partial charge is 0.315 e. The van der Waals surface area contributed by atoms with Crippen molar-refractivity contribution in [2.24, 2.45) is 0 Å². The number of alkyl halides is 1. The van der Waals surface area contributed by atoms with E-state index in [-0.39, 0.29) is 10.9 Å². The Hall–Kier alpha value is -1.63. The predicted molar refractivity (Wildman–Crippen MR) is 54.6 cm³/mol. The van der Waals surface area contributed by atoms with Crippen LogP contribution in [-0.4, -0.2) is 26.2 Å². The molecule has 0 aromatic heterocycles. The number of hydrogen-bond donors (Lipinski definition) is 2. The number of halogens is 1. The zero-order valence-corrected chi connectivity index (χ0v) is 8.89. The maximum Gasteiger partial charge on any atom is 0.315 e. The fourth-order valence-electron chi connectivity index (χ4n) is 1.03. The first-order valence-corrected chi connectivity index (χ1v) is 4.89. The molecule has 1 aromatic carbocycles. The molecule has 0 saturated heterocycles. The maximum absolute atomic E-state index is 11.2. The number of ketones is 1. The molecule has 0 saturated carbocycles. The van der Waals surface area contributed by atoms with Crippen molar-refractivity contribution in [3.05, 3.63) is 27.8 Å². The maximum atomic E-state index is 11.2. The van der Waals surface area contributed by atoms with E-state index in [0.717, 1.165) is 12.1 Å². The van der Waals surface area contributed by atoms with Crippen LogP contribution in [0.5, 0.6) is 11.5 Å². The summed E-state index contributed by atoms with van der Waals surface area (Å²) in [5, 5.41) is 28.9. The van der Waals surface area contributed by atoms with Crippen molar-refractivity contribution in [2.45, 2.75) is 0 Å². The third-order valence-corrected chi connectivity index (χ3v) is 2.20. The van der Waals surface area contributed by atoms with E-state index in [9.17, 15) is 20.0 Å². The molecule has 1 aromatic rings. The van der Waals surface area contributed by atoms with Gasteiger partial charge in [0.25, 0.3) is 0 Å². The van der Waals surface area contributed by atoms with Crippen LogP contribution < -0.4 is 0 Å². The van der Waals surface area contributed by atoms with Gasteiger partial charge in [-0.15, -0.1) is 0 Å². The number of Topliss-reactive ketones (excluding diaryl/α,β-unsaturated/α-hetero) is 1. The molecule has 15 heavy (non-hydrogen) atoms. The molecule has 1 rings (SSSR count). The van der Waals surface area contributed by atoms with Crippen molar-refractivity contribution in [3.8, 4) is 11.5 Å². The van der Waals surface area contributed by atoms with Gasteiger partial charge in [-0.1, -0.05) is 15.9 Å². The van der Waals surface area contributed by atoms with Gasteiger partial charge in [-0.05, 0) is 6.07 Å². The first-order valence-electron chi connectivity index (χ1n) is 3.77. The Morgan fingerprint density at radius 3 is 2.53 bits per heavy atom. The summed E-state index contributed by atoms with van der Waals surface area (Å²) in [6.07, 6.45) is 0. The molecule has 0 aliphatic rings. The van der Waals surface area contributed by atoms with Gasteiger partial charge in [0, 0.05) is 0 Å².